The van der Waals surface area contributed by atoms with Gasteiger partial charge in [0, 0.05) is 11.5 Å². The number of hydrogen-bond donors (Lipinski definition) is 0. The molecule has 0 spiro atoms. The van der Waals surface area contributed by atoms with Crippen LogP contribution in [0.4, 0.5) is 0 Å². The van der Waals surface area contributed by atoms with E-state index in [4.69, 9.17) is 18.8 Å². The van der Waals surface area contributed by atoms with Gasteiger partial charge in [0.2, 0.25) is 11.6 Å². The van der Waals surface area contributed by atoms with Gasteiger partial charge in [0.1, 0.15) is 0 Å². The summed E-state index contributed by atoms with van der Waals surface area (Å²) in [5.41, 5.74) is 1.21. The summed E-state index contributed by atoms with van der Waals surface area (Å²) in [6.07, 6.45) is 5.24. The number of ketones is 2. The van der Waals surface area contributed by atoms with E-state index in [1.807, 2.05) is 13.0 Å². The fourth-order valence-electron chi connectivity index (χ4n) is 2.95. The topological polar surface area (TPSA) is 62.3 Å². The zero-order valence-corrected chi connectivity index (χ0v) is 15.4. The third kappa shape index (κ3) is 3.61. The average Bonchev–Trinajstić information content (AvgIpc) is 2.45. The molecule has 2 aliphatic heterocycles. The van der Waals surface area contributed by atoms with Crippen LogP contribution in [0, 0.1) is 5.92 Å². The molecule has 0 amide bonds. The summed E-state index contributed by atoms with van der Waals surface area (Å²) in [7, 11) is 9.75. The Labute approximate surface area is 141 Å². The zero-order chi connectivity index (χ0) is 15.6. The summed E-state index contributed by atoms with van der Waals surface area (Å²) in [5.74, 6) is -0.915. The molecule has 3 rings (SSSR count). The molecule has 4 unspecified atom stereocenters. The predicted molar refractivity (Wildman–Crippen MR) is 80.0 cm³/mol. The first-order valence-corrected chi connectivity index (χ1v) is 12.4. The van der Waals surface area contributed by atoms with Gasteiger partial charge in [0.05, 0.1) is 0 Å². The van der Waals surface area contributed by atoms with Crippen molar-refractivity contribution < 1.29 is 26.1 Å². The number of allylic oxidation sites excluding steroid dienone is 2. The van der Waals surface area contributed by atoms with Crippen LogP contribution >= 0.6 is 18.8 Å². The molecule has 118 valence electrons. The molecule has 0 aromatic heterocycles. The van der Waals surface area contributed by atoms with Crippen molar-refractivity contribution in [3.05, 3.63) is 34.1 Å². The molecule has 0 N–H and O–H groups in total. The van der Waals surface area contributed by atoms with E-state index in [1.165, 1.54) is 0 Å². The van der Waals surface area contributed by atoms with Crippen LogP contribution in [0.15, 0.2) is 23.4 Å². The van der Waals surface area contributed by atoms with Gasteiger partial charge in [-0.15, -0.1) is 18.1 Å². The maximum absolute atomic E-state index is 12.1. The van der Waals surface area contributed by atoms with Gasteiger partial charge in [0.15, 0.2) is 0 Å². The van der Waals surface area contributed by atoms with Crippen molar-refractivity contribution >= 4 is 30.4 Å². The van der Waals surface area contributed by atoms with Gasteiger partial charge in [-0.2, -0.15) is 5.70 Å². The Morgan fingerprint density at radius 2 is 1.90 bits per heavy atom. The minimum absolute atomic E-state index is 0.0674. The van der Waals surface area contributed by atoms with Crippen LogP contribution in [-0.4, -0.2) is 29.7 Å². The molecule has 0 saturated carbocycles. The van der Waals surface area contributed by atoms with Crippen LogP contribution in [0.5, 0.6) is 0 Å². The number of carbonyl (C=O) groups is 2. The number of rotatable bonds is 0. The monoisotopic (exact) mass is 509 g/mol. The summed E-state index contributed by atoms with van der Waals surface area (Å²) >= 11 is -0.472. The van der Waals surface area contributed by atoms with E-state index < -0.39 is 16.5 Å². The first-order chi connectivity index (χ1) is 9.99. The molecule has 21 heavy (non-hydrogen) atoms. The molecule has 1 saturated heterocycles. The van der Waals surface area contributed by atoms with E-state index in [-0.39, 0.29) is 35.6 Å². The predicted octanol–water partition coefficient (Wildman–Crippen LogP) is 3.64. The fourth-order valence-corrected chi connectivity index (χ4v) is 2.95. The summed E-state index contributed by atoms with van der Waals surface area (Å²) < 4.78 is 0. The number of Topliss-reactive ketones (excluding diaryl/α,β-unsaturated/α-hetero) is 2. The first-order valence-electron chi connectivity index (χ1n) is 6.73. The van der Waals surface area contributed by atoms with E-state index in [0.717, 1.165) is 18.5 Å². The van der Waals surface area contributed by atoms with Gasteiger partial charge in [-0.25, -0.2) is 0 Å². The Bertz CT molecular complexity index is 507. The number of piperidine rings is 1. The minimum atomic E-state index is -0.472. The number of halogens is 2. The van der Waals surface area contributed by atoms with E-state index >= 15 is 0 Å². The molecule has 4 atom stereocenters. The number of hydrogen-bond acceptors (Lipinski definition) is 2. The summed E-state index contributed by atoms with van der Waals surface area (Å²) in [5, 5.41) is 9.18. The molecular formula is C14H16Cl2N2O2Pt. The van der Waals surface area contributed by atoms with Crippen molar-refractivity contribution in [2.45, 2.75) is 44.8 Å². The zero-order valence-electron chi connectivity index (χ0n) is 11.7. The molecule has 1 fully saturated rings. The van der Waals surface area contributed by atoms with Crippen molar-refractivity contribution in [2.75, 3.05) is 0 Å². The summed E-state index contributed by atoms with van der Waals surface area (Å²) in [4.78, 5) is 24.1. The molecule has 3 aliphatic rings. The third-order valence-electron chi connectivity index (χ3n) is 3.94. The van der Waals surface area contributed by atoms with E-state index in [0.29, 0.717) is 5.57 Å². The van der Waals surface area contributed by atoms with Gasteiger partial charge in [-0.3, -0.25) is 9.59 Å². The first kappa shape index (κ1) is 17.2. The van der Waals surface area contributed by atoms with Crippen LogP contribution in [0.2, 0.25) is 0 Å². The maximum atomic E-state index is 12.1. The Morgan fingerprint density at radius 3 is 2.57 bits per heavy atom. The Balaban J connectivity index is 0.000000497. The van der Waals surface area contributed by atoms with E-state index in [1.54, 1.807) is 6.08 Å². The van der Waals surface area contributed by atoms with Gasteiger partial charge in [0.25, 0.3) is 0 Å². The van der Waals surface area contributed by atoms with Crippen LogP contribution in [0.1, 0.15) is 26.7 Å². The Kier molecular flexibility index (Phi) is 6.07. The van der Waals surface area contributed by atoms with Crippen molar-refractivity contribution in [1.82, 2.24) is 0 Å². The molecule has 7 heteroatoms. The molecule has 2 heterocycles. The summed E-state index contributed by atoms with van der Waals surface area (Å²) in [6, 6.07) is 0.122. The molecule has 0 aromatic carbocycles. The van der Waals surface area contributed by atoms with E-state index in [9.17, 15) is 9.59 Å². The van der Waals surface area contributed by atoms with Gasteiger partial charge >= 0.3 is 35.3 Å². The number of nitrogens with zero attached hydrogens (tertiary/aromatic N) is 2. The quantitative estimate of drug-likeness (QED) is 0.468. The SMILES string of the molecule is CC1C=CC2=C([N-]1)C1[N-]C(C)CCC1C(=O)C2=O.[Cl][Pt+2][Cl]. The van der Waals surface area contributed by atoms with Crippen molar-refractivity contribution in [3.8, 4) is 0 Å². The molecule has 0 bridgehead atoms. The van der Waals surface area contributed by atoms with Gasteiger partial charge in [-0.1, -0.05) is 32.4 Å². The van der Waals surface area contributed by atoms with Crippen LogP contribution in [0.25, 0.3) is 10.6 Å². The van der Waals surface area contributed by atoms with Crippen molar-refractivity contribution in [1.29, 1.82) is 0 Å². The van der Waals surface area contributed by atoms with Gasteiger partial charge < -0.3 is 10.6 Å². The molecule has 0 radical (unpaired) electrons. The van der Waals surface area contributed by atoms with Crippen LogP contribution < -0.4 is 0 Å². The van der Waals surface area contributed by atoms with Crippen LogP contribution in [0.3, 0.4) is 0 Å². The third-order valence-corrected chi connectivity index (χ3v) is 3.94. The van der Waals surface area contributed by atoms with Gasteiger partial charge in [-0.05, 0) is 6.42 Å². The van der Waals surface area contributed by atoms with E-state index in [2.05, 4.69) is 17.6 Å². The molecular weight excluding hydrogens is 494 g/mol. The number of carbonyl (C=O) groups excluding carboxylic acids is 2. The van der Waals surface area contributed by atoms with Crippen LogP contribution in [-0.2, 0) is 26.1 Å². The molecule has 0 aromatic rings. The molecule has 4 nitrogen and oxygen atoms in total. The van der Waals surface area contributed by atoms with Crippen molar-refractivity contribution in [2.24, 2.45) is 5.92 Å². The standard InChI is InChI=1S/C14H17N2O2.2ClH.Pt/c1-7-3-5-9-11(15-7)12-10(14(18)13(9)17)6-4-8(2)16-12;;;/h3,5,7-8,10,12H,4,6H2,1-2H3,(H,15,17);2*1H;/q-1;;;+4/p-3. The fraction of sp³-hybridized carbons (Fsp3) is 0.571. The Morgan fingerprint density at radius 1 is 1.24 bits per heavy atom. The summed E-state index contributed by atoms with van der Waals surface area (Å²) in [6.45, 7) is 4.03. The van der Waals surface area contributed by atoms with Crippen molar-refractivity contribution in [3.63, 3.8) is 0 Å². The second-order valence-corrected chi connectivity index (χ2v) is 8.68. The Hall–Kier alpha value is -0.152. The second kappa shape index (κ2) is 7.41. The average molecular weight is 510 g/mol. The second-order valence-electron chi connectivity index (χ2n) is 5.39. The molecule has 1 aliphatic carbocycles. The number of fused-ring (bicyclic) bond motifs is 2. The normalized spacial score (nSPS) is 34.7.